The molecule has 6 heteroatoms. The number of hydrogen-bond acceptors (Lipinski definition) is 5. The lowest BCUT2D eigenvalue weighted by Gasteiger charge is -2.14. The average molecular weight is 357 g/mol. The molecule has 0 unspecified atom stereocenters. The lowest BCUT2D eigenvalue weighted by atomic mass is 10.1. The zero-order chi connectivity index (χ0) is 18.4. The first-order valence-corrected chi connectivity index (χ1v) is 8.54. The van der Waals surface area contributed by atoms with Gasteiger partial charge in [0.25, 0.3) is 5.91 Å². The highest BCUT2D eigenvalue weighted by Gasteiger charge is 2.18. The Balaban J connectivity index is 1.95. The van der Waals surface area contributed by atoms with Gasteiger partial charge in [0.15, 0.2) is 11.9 Å². The largest absolute Gasteiger partial charge is 0.449 e. The van der Waals surface area contributed by atoms with Crippen molar-refractivity contribution in [3.05, 3.63) is 57.8 Å². The van der Waals surface area contributed by atoms with Gasteiger partial charge in [-0.3, -0.25) is 9.59 Å². The highest BCUT2D eigenvalue weighted by atomic mass is 32.1. The summed E-state index contributed by atoms with van der Waals surface area (Å²) >= 11 is 1.56. The number of Topliss-reactive ketones (excluding diaryl/α,β-unsaturated/α-hetero) is 1. The Morgan fingerprint density at radius 1 is 1.16 bits per heavy atom. The summed E-state index contributed by atoms with van der Waals surface area (Å²) in [6.45, 7) is 4.88. The number of rotatable bonds is 6. The molecule has 2 aromatic rings. The van der Waals surface area contributed by atoms with Gasteiger partial charge in [0, 0.05) is 21.4 Å². The Kier molecular flexibility index (Phi) is 6.25. The van der Waals surface area contributed by atoms with Crippen LogP contribution in [0.2, 0.25) is 0 Å². The summed E-state index contributed by atoms with van der Waals surface area (Å²) in [6.07, 6.45) is 1.95. The lowest BCUT2D eigenvalue weighted by molar-refractivity contribution is -0.148. The first-order chi connectivity index (χ1) is 11.9. The van der Waals surface area contributed by atoms with E-state index >= 15 is 0 Å². The Labute approximate surface area is 150 Å². The maximum atomic E-state index is 12.2. The number of thiophene rings is 1. The van der Waals surface area contributed by atoms with Crippen LogP contribution in [0.5, 0.6) is 0 Å². The molecule has 1 aromatic carbocycles. The number of esters is 1. The molecule has 25 heavy (non-hydrogen) atoms. The van der Waals surface area contributed by atoms with Gasteiger partial charge in [-0.15, -0.1) is 11.3 Å². The topological polar surface area (TPSA) is 72.5 Å². The molecule has 0 spiro atoms. The molecular weight excluding hydrogens is 338 g/mol. The van der Waals surface area contributed by atoms with E-state index in [-0.39, 0.29) is 5.78 Å². The Morgan fingerprint density at radius 2 is 1.88 bits per heavy atom. The Morgan fingerprint density at radius 3 is 2.52 bits per heavy atom. The van der Waals surface area contributed by atoms with Crippen LogP contribution in [0, 0.1) is 6.92 Å². The predicted molar refractivity (Wildman–Crippen MR) is 98.7 cm³/mol. The molecule has 0 aliphatic rings. The lowest BCUT2D eigenvalue weighted by Crippen LogP contribution is -2.30. The SMILES string of the molecule is CC(=O)c1ccccc1NC(=O)[C@@H](C)OC(=O)/C=C/c1ccc(C)s1. The Hall–Kier alpha value is -2.73. The van der Waals surface area contributed by atoms with Crippen molar-refractivity contribution in [2.24, 2.45) is 0 Å². The van der Waals surface area contributed by atoms with Gasteiger partial charge in [0.1, 0.15) is 0 Å². The van der Waals surface area contributed by atoms with Crippen molar-refractivity contribution in [3.8, 4) is 0 Å². The fourth-order valence-corrected chi connectivity index (χ4v) is 2.87. The van der Waals surface area contributed by atoms with Crippen LogP contribution in [0.25, 0.3) is 6.08 Å². The van der Waals surface area contributed by atoms with Crippen molar-refractivity contribution in [1.82, 2.24) is 0 Å². The fraction of sp³-hybridized carbons (Fsp3) is 0.211. The van der Waals surface area contributed by atoms with Gasteiger partial charge in [-0.05, 0) is 51.1 Å². The highest BCUT2D eigenvalue weighted by molar-refractivity contribution is 7.12. The summed E-state index contributed by atoms with van der Waals surface area (Å²) in [7, 11) is 0. The molecule has 0 aliphatic heterocycles. The molecule has 1 N–H and O–H groups in total. The molecule has 130 valence electrons. The van der Waals surface area contributed by atoms with Crippen molar-refractivity contribution in [2.75, 3.05) is 5.32 Å². The minimum atomic E-state index is -0.984. The van der Waals surface area contributed by atoms with Crippen molar-refractivity contribution in [1.29, 1.82) is 0 Å². The standard InChI is InChI=1S/C19H19NO4S/c1-12-8-9-15(25-12)10-11-18(22)24-14(3)19(23)20-17-7-5-4-6-16(17)13(2)21/h4-11,14H,1-3H3,(H,20,23)/b11-10+/t14-/m1/s1. The zero-order valence-corrected chi connectivity index (χ0v) is 15.1. The molecule has 0 bridgehead atoms. The maximum Gasteiger partial charge on any atom is 0.331 e. The number of benzene rings is 1. The van der Waals surface area contributed by atoms with Crippen LogP contribution in [0.15, 0.2) is 42.5 Å². The third-order valence-corrected chi connectivity index (χ3v) is 4.34. The van der Waals surface area contributed by atoms with Crippen LogP contribution in [0.1, 0.15) is 34.0 Å². The summed E-state index contributed by atoms with van der Waals surface area (Å²) < 4.78 is 5.10. The molecule has 5 nitrogen and oxygen atoms in total. The minimum Gasteiger partial charge on any atom is -0.449 e. The first kappa shape index (κ1) is 18.6. The number of anilines is 1. The molecule has 0 saturated heterocycles. The van der Waals surface area contributed by atoms with Crippen LogP contribution in [0.3, 0.4) is 0 Å². The summed E-state index contributed by atoms with van der Waals surface area (Å²) in [4.78, 5) is 37.7. The number of carbonyl (C=O) groups excluding carboxylic acids is 3. The van der Waals surface area contributed by atoms with Gasteiger partial charge in [-0.25, -0.2) is 4.79 Å². The average Bonchev–Trinajstić information content (AvgIpc) is 2.98. The van der Waals surface area contributed by atoms with E-state index in [0.29, 0.717) is 11.3 Å². The summed E-state index contributed by atoms with van der Waals surface area (Å²) in [5, 5.41) is 2.62. The van der Waals surface area contributed by atoms with Crippen LogP contribution in [0.4, 0.5) is 5.69 Å². The molecule has 1 aromatic heterocycles. The predicted octanol–water partition coefficient (Wildman–Crippen LogP) is 3.84. The molecule has 1 atom stereocenters. The smallest absolute Gasteiger partial charge is 0.331 e. The Bertz CT molecular complexity index is 822. The van der Waals surface area contributed by atoms with Gasteiger partial charge in [-0.1, -0.05) is 12.1 Å². The number of hydrogen-bond donors (Lipinski definition) is 1. The molecule has 0 aliphatic carbocycles. The highest BCUT2D eigenvalue weighted by Crippen LogP contribution is 2.17. The minimum absolute atomic E-state index is 0.158. The van der Waals surface area contributed by atoms with E-state index in [1.54, 1.807) is 41.7 Å². The van der Waals surface area contributed by atoms with Crippen LogP contribution in [-0.4, -0.2) is 23.8 Å². The van der Waals surface area contributed by atoms with E-state index < -0.39 is 18.0 Å². The van der Waals surface area contributed by atoms with Gasteiger partial charge in [0.05, 0.1) is 5.69 Å². The van der Waals surface area contributed by atoms with Crippen LogP contribution < -0.4 is 5.32 Å². The number of nitrogens with one attached hydrogen (secondary N) is 1. The molecule has 0 radical (unpaired) electrons. The van der Waals surface area contributed by atoms with Crippen LogP contribution in [-0.2, 0) is 14.3 Å². The maximum absolute atomic E-state index is 12.2. The number of ether oxygens (including phenoxy) is 1. The fourth-order valence-electron chi connectivity index (χ4n) is 2.09. The second-order valence-corrected chi connectivity index (χ2v) is 6.77. The third-order valence-electron chi connectivity index (χ3n) is 3.37. The molecule has 1 amide bonds. The molecular formula is C19H19NO4S. The third kappa shape index (κ3) is 5.39. The molecule has 1 heterocycles. The monoisotopic (exact) mass is 357 g/mol. The second kappa shape index (κ2) is 8.39. The van der Waals surface area contributed by atoms with E-state index in [1.807, 2.05) is 19.1 Å². The molecule has 2 rings (SSSR count). The molecule has 0 saturated carbocycles. The van der Waals surface area contributed by atoms with E-state index in [9.17, 15) is 14.4 Å². The number of ketones is 1. The van der Waals surface area contributed by atoms with Gasteiger partial charge in [0.2, 0.25) is 0 Å². The van der Waals surface area contributed by atoms with Gasteiger partial charge < -0.3 is 10.1 Å². The normalized spacial score (nSPS) is 12.0. The number of carbonyl (C=O) groups is 3. The quantitative estimate of drug-likeness (QED) is 0.484. The second-order valence-electron chi connectivity index (χ2n) is 5.45. The van der Waals surface area contributed by atoms with E-state index in [4.69, 9.17) is 4.74 Å². The van der Waals surface area contributed by atoms with Gasteiger partial charge in [-0.2, -0.15) is 0 Å². The van der Waals surface area contributed by atoms with Crippen molar-refractivity contribution >= 4 is 40.8 Å². The van der Waals surface area contributed by atoms with Crippen molar-refractivity contribution in [2.45, 2.75) is 26.9 Å². The van der Waals surface area contributed by atoms with E-state index in [1.165, 1.54) is 19.9 Å². The first-order valence-electron chi connectivity index (χ1n) is 7.73. The number of aryl methyl sites for hydroxylation is 1. The molecule has 0 fully saturated rings. The van der Waals surface area contributed by atoms with Gasteiger partial charge >= 0.3 is 5.97 Å². The van der Waals surface area contributed by atoms with E-state index in [2.05, 4.69) is 5.32 Å². The van der Waals surface area contributed by atoms with E-state index in [0.717, 1.165) is 9.75 Å². The van der Waals surface area contributed by atoms with Crippen molar-refractivity contribution < 1.29 is 19.1 Å². The summed E-state index contributed by atoms with van der Waals surface area (Å²) in [5.74, 6) is -1.26. The van der Waals surface area contributed by atoms with Crippen molar-refractivity contribution in [3.63, 3.8) is 0 Å². The van der Waals surface area contributed by atoms with Crippen LogP contribution >= 0.6 is 11.3 Å². The number of amides is 1. The summed E-state index contributed by atoms with van der Waals surface area (Å²) in [6, 6.07) is 10.5. The summed E-state index contributed by atoms with van der Waals surface area (Å²) in [5.41, 5.74) is 0.801. The zero-order valence-electron chi connectivity index (χ0n) is 14.2. The number of para-hydroxylation sites is 1.